The number of carbonyl (C=O) groups is 2. The third-order valence-electron chi connectivity index (χ3n) is 1.21. The quantitative estimate of drug-likeness (QED) is 0.408. The molecule has 0 aromatic rings. The second-order valence-corrected chi connectivity index (χ2v) is 2.63. The first-order valence-electron chi connectivity index (χ1n) is 3.91. The van der Waals surface area contributed by atoms with Crippen LogP contribution in [0.5, 0.6) is 0 Å². The SMILES string of the molecule is C=C(CCOC(=O)C(=C)C)OC(N)=O. The highest BCUT2D eigenvalue weighted by molar-refractivity contribution is 5.86. The highest BCUT2D eigenvalue weighted by atomic mass is 16.6. The zero-order valence-corrected chi connectivity index (χ0v) is 8.04. The van der Waals surface area contributed by atoms with E-state index in [2.05, 4.69) is 17.9 Å². The number of nitrogens with two attached hydrogens (primary N) is 1. The van der Waals surface area contributed by atoms with E-state index in [0.717, 1.165) is 0 Å². The van der Waals surface area contributed by atoms with Crippen LogP contribution in [0, 0.1) is 0 Å². The van der Waals surface area contributed by atoms with Crippen LogP contribution in [0.15, 0.2) is 24.5 Å². The highest BCUT2D eigenvalue weighted by Crippen LogP contribution is 2.01. The zero-order valence-electron chi connectivity index (χ0n) is 8.04. The molecule has 1 amide bonds. The van der Waals surface area contributed by atoms with E-state index in [1.165, 1.54) is 6.92 Å². The topological polar surface area (TPSA) is 78.6 Å². The van der Waals surface area contributed by atoms with Gasteiger partial charge in [0.15, 0.2) is 0 Å². The third kappa shape index (κ3) is 5.82. The number of amides is 1. The summed E-state index contributed by atoms with van der Waals surface area (Å²) in [5.74, 6) is -0.330. The Morgan fingerprint density at radius 1 is 1.36 bits per heavy atom. The van der Waals surface area contributed by atoms with Crippen LogP contribution < -0.4 is 5.73 Å². The summed E-state index contributed by atoms with van der Waals surface area (Å²) in [6.45, 7) is 8.42. The maximum absolute atomic E-state index is 10.9. The molecule has 0 heterocycles. The van der Waals surface area contributed by atoms with Gasteiger partial charge in [0.25, 0.3) is 0 Å². The van der Waals surface area contributed by atoms with Crippen molar-refractivity contribution in [2.75, 3.05) is 6.61 Å². The van der Waals surface area contributed by atoms with Crippen molar-refractivity contribution in [1.82, 2.24) is 0 Å². The predicted octanol–water partition coefficient (Wildman–Crippen LogP) is 1.10. The summed E-state index contributed by atoms with van der Waals surface area (Å²) in [4.78, 5) is 21.1. The van der Waals surface area contributed by atoms with Crippen LogP contribution in [0.3, 0.4) is 0 Å². The van der Waals surface area contributed by atoms with Crippen molar-refractivity contribution >= 4 is 12.1 Å². The van der Waals surface area contributed by atoms with E-state index < -0.39 is 12.1 Å². The van der Waals surface area contributed by atoms with Gasteiger partial charge in [-0.2, -0.15) is 0 Å². The monoisotopic (exact) mass is 199 g/mol. The fourth-order valence-electron chi connectivity index (χ4n) is 0.574. The van der Waals surface area contributed by atoms with Gasteiger partial charge in [-0.05, 0) is 6.92 Å². The Hall–Kier alpha value is -1.78. The maximum Gasteiger partial charge on any atom is 0.409 e. The molecule has 0 rings (SSSR count). The molecule has 0 aliphatic heterocycles. The lowest BCUT2D eigenvalue weighted by molar-refractivity contribution is -0.138. The number of esters is 1. The number of rotatable bonds is 5. The summed E-state index contributed by atoms with van der Waals surface area (Å²) in [7, 11) is 0. The highest BCUT2D eigenvalue weighted by Gasteiger charge is 2.04. The normalized spacial score (nSPS) is 8.93. The molecule has 14 heavy (non-hydrogen) atoms. The zero-order chi connectivity index (χ0) is 11.1. The Kier molecular flexibility index (Phi) is 5.06. The smallest absolute Gasteiger partial charge is 0.409 e. The van der Waals surface area contributed by atoms with Crippen LogP contribution in [-0.4, -0.2) is 18.7 Å². The van der Waals surface area contributed by atoms with Crippen LogP contribution in [0.4, 0.5) is 4.79 Å². The van der Waals surface area contributed by atoms with E-state index in [4.69, 9.17) is 10.5 Å². The first-order chi connectivity index (χ1) is 6.43. The van der Waals surface area contributed by atoms with Crippen LogP contribution in [0.2, 0.25) is 0 Å². The largest absolute Gasteiger partial charge is 0.462 e. The van der Waals surface area contributed by atoms with Crippen molar-refractivity contribution in [2.45, 2.75) is 13.3 Å². The Morgan fingerprint density at radius 2 is 1.93 bits per heavy atom. The van der Waals surface area contributed by atoms with Crippen LogP contribution in [0.1, 0.15) is 13.3 Å². The molecule has 0 spiro atoms. The van der Waals surface area contributed by atoms with Crippen LogP contribution in [-0.2, 0) is 14.3 Å². The maximum atomic E-state index is 10.9. The number of hydrogen-bond donors (Lipinski definition) is 1. The fraction of sp³-hybridized carbons (Fsp3) is 0.333. The number of primary amides is 1. The molecule has 0 aromatic carbocycles. The van der Waals surface area contributed by atoms with Crippen molar-refractivity contribution in [3.63, 3.8) is 0 Å². The Labute approximate surface area is 82.2 Å². The van der Waals surface area contributed by atoms with Crippen LogP contribution >= 0.6 is 0 Å². The predicted molar refractivity (Wildman–Crippen MR) is 50.2 cm³/mol. The first kappa shape index (κ1) is 12.2. The van der Waals surface area contributed by atoms with Crippen molar-refractivity contribution in [3.8, 4) is 0 Å². The van der Waals surface area contributed by atoms with E-state index in [0.29, 0.717) is 5.57 Å². The van der Waals surface area contributed by atoms with Gasteiger partial charge in [-0.3, -0.25) is 0 Å². The molecule has 0 unspecified atom stereocenters. The second-order valence-electron chi connectivity index (χ2n) is 2.63. The van der Waals surface area contributed by atoms with E-state index >= 15 is 0 Å². The molecule has 0 aromatic heterocycles. The molecule has 2 N–H and O–H groups in total. The third-order valence-corrected chi connectivity index (χ3v) is 1.21. The molecule has 78 valence electrons. The van der Waals surface area contributed by atoms with Gasteiger partial charge in [0, 0.05) is 12.0 Å². The fourth-order valence-corrected chi connectivity index (χ4v) is 0.574. The minimum atomic E-state index is -0.929. The molecule has 0 bridgehead atoms. The lowest BCUT2D eigenvalue weighted by Gasteiger charge is -2.05. The van der Waals surface area contributed by atoms with E-state index in [9.17, 15) is 9.59 Å². The van der Waals surface area contributed by atoms with Crippen LogP contribution in [0.25, 0.3) is 0 Å². The molecule has 0 radical (unpaired) electrons. The summed E-state index contributed by atoms with van der Waals surface area (Å²) < 4.78 is 9.15. The molecule has 0 aliphatic rings. The minimum Gasteiger partial charge on any atom is -0.462 e. The van der Waals surface area contributed by atoms with Gasteiger partial charge in [-0.25, -0.2) is 9.59 Å². The average Bonchev–Trinajstić information content (AvgIpc) is 2.02. The summed E-state index contributed by atoms with van der Waals surface area (Å²) >= 11 is 0. The van der Waals surface area contributed by atoms with Gasteiger partial charge in [0.2, 0.25) is 0 Å². The van der Waals surface area contributed by atoms with Crippen molar-refractivity contribution < 1.29 is 19.1 Å². The summed E-state index contributed by atoms with van der Waals surface area (Å²) in [6.07, 6.45) is -0.705. The lowest BCUT2D eigenvalue weighted by atomic mass is 10.3. The van der Waals surface area contributed by atoms with Gasteiger partial charge >= 0.3 is 12.1 Å². The lowest BCUT2D eigenvalue weighted by Crippen LogP contribution is -2.14. The first-order valence-corrected chi connectivity index (χ1v) is 3.91. The Bertz CT molecular complexity index is 270. The van der Waals surface area contributed by atoms with E-state index in [-0.39, 0.29) is 18.8 Å². The standard InChI is InChI=1S/C9H13NO4/c1-6(2)8(11)13-5-4-7(3)14-9(10)12/h1,3-5H2,2H3,(H2,10,12). The van der Waals surface area contributed by atoms with Crippen molar-refractivity contribution in [3.05, 3.63) is 24.5 Å². The Morgan fingerprint density at radius 3 is 2.36 bits per heavy atom. The molecular formula is C9H13NO4. The summed E-state index contributed by atoms with van der Waals surface area (Å²) in [6, 6.07) is 0. The van der Waals surface area contributed by atoms with E-state index in [1.807, 2.05) is 0 Å². The van der Waals surface area contributed by atoms with Crippen molar-refractivity contribution in [1.29, 1.82) is 0 Å². The van der Waals surface area contributed by atoms with Gasteiger partial charge in [0.1, 0.15) is 5.76 Å². The average molecular weight is 199 g/mol. The Balaban J connectivity index is 3.64. The molecular weight excluding hydrogens is 186 g/mol. The van der Waals surface area contributed by atoms with Gasteiger partial charge in [0.05, 0.1) is 6.61 Å². The minimum absolute atomic E-state index is 0.0812. The summed E-state index contributed by atoms with van der Waals surface area (Å²) in [5, 5.41) is 0. The summed E-state index contributed by atoms with van der Waals surface area (Å²) in [5.41, 5.74) is 5.04. The molecule has 5 nitrogen and oxygen atoms in total. The molecule has 0 fully saturated rings. The molecule has 0 saturated carbocycles. The number of hydrogen-bond acceptors (Lipinski definition) is 4. The van der Waals surface area contributed by atoms with Gasteiger partial charge in [-0.15, -0.1) is 0 Å². The molecule has 0 aliphatic carbocycles. The van der Waals surface area contributed by atoms with E-state index in [1.54, 1.807) is 0 Å². The number of carbonyl (C=O) groups excluding carboxylic acids is 2. The molecule has 0 atom stereocenters. The van der Waals surface area contributed by atoms with Gasteiger partial charge in [-0.1, -0.05) is 13.2 Å². The molecule has 0 saturated heterocycles. The van der Waals surface area contributed by atoms with Crippen molar-refractivity contribution in [2.24, 2.45) is 5.73 Å². The number of ether oxygens (including phenoxy) is 2. The molecule has 5 heteroatoms. The van der Waals surface area contributed by atoms with Gasteiger partial charge < -0.3 is 15.2 Å². The second kappa shape index (κ2) is 5.80.